The second-order valence-corrected chi connectivity index (χ2v) is 12.2. The maximum Gasteiger partial charge on any atom is 0.327 e. The van der Waals surface area contributed by atoms with Crippen molar-refractivity contribution in [2.75, 3.05) is 45.1 Å². The summed E-state index contributed by atoms with van der Waals surface area (Å²) < 4.78 is 35.9. The number of nitrogen functional groups attached to an aromatic ring is 1. The third-order valence-corrected chi connectivity index (χ3v) is 9.05. The van der Waals surface area contributed by atoms with Gasteiger partial charge in [0.05, 0.1) is 17.9 Å². The average Bonchev–Trinajstić information content (AvgIpc) is 3.56. The molecule has 3 heterocycles. The lowest BCUT2D eigenvalue weighted by molar-refractivity contribution is -0.136. The van der Waals surface area contributed by atoms with Crippen LogP contribution in [0.25, 0.3) is 11.2 Å². The normalized spacial score (nSPS) is 14.3. The lowest BCUT2D eigenvalue weighted by Crippen LogP contribution is -2.38. The maximum absolute atomic E-state index is 13.7. The first kappa shape index (κ1) is 30.5. The number of hydrogen-bond donors (Lipinski definition) is 3. The number of likely N-dealkylation sites (tertiary alicyclic amines) is 1. The number of carboxylic acid groups (broad SMARTS) is 1. The second kappa shape index (κ2) is 13.9. The summed E-state index contributed by atoms with van der Waals surface area (Å²) in [5, 5.41) is 9.15. The number of rotatable bonds is 16. The molecule has 13 nitrogen and oxygen atoms in total. The van der Waals surface area contributed by atoms with Crippen LogP contribution < -0.4 is 16.2 Å². The number of carboxylic acids is 1. The van der Waals surface area contributed by atoms with Gasteiger partial charge in [0.15, 0.2) is 11.5 Å². The molecule has 41 heavy (non-hydrogen) atoms. The predicted octanol–water partition coefficient (Wildman–Crippen LogP) is 2.07. The van der Waals surface area contributed by atoms with Crippen molar-refractivity contribution in [3.63, 3.8) is 0 Å². The van der Waals surface area contributed by atoms with E-state index in [1.807, 2.05) is 6.92 Å². The van der Waals surface area contributed by atoms with E-state index in [1.165, 1.54) is 21.0 Å². The Morgan fingerprint density at radius 2 is 1.93 bits per heavy atom. The minimum atomic E-state index is -3.87. The standard InChI is InChI=1S/C27H39N7O6S/c1-2-3-17-40-26-30-24(28)23-25(31-26)34(27(37)29-23)14-7-6-13-33(16-15-32-11-4-5-12-32)41(38,39)21-10-8-9-20(18-21)19-22(35)36/h8-10,18H,2-7,11-17,19H2,1H3,(H,29,37)(H,35,36)(H2,28,30,31). The number of anilines is 1. The van der Waals surface area contributed by atoms with Crippen LogP contribution in [0.1, 0.15) is 51.0 Å². The van der Waals surface area contributed by atoms with Crippen molar-refractivity contribution >= 4 is 33.0 Å². The first-order valence-electron chi connectivity index (χ1n) is 14.1. The van der Waals surface area contributed by atoms with E-state index in [4.69, 9.17) is 15.6 Å². The molecule has 1 aliphatic heterocycles. The number of H-pyrrole nitrogens is 1. The summed E-state index contributed by atoms with van der Waals surface area (Å²) in [5.41, 5.74) is 6.78. The van der Waals surface area contributed by atoms with Crippen LogP contribution in [0.5, 0.6) is 6.01 Å². The van der Waals surface area contributed by atoms with Gasteiger partial charge >= 0.3 is 17.7 Å². The highest BCUT2D eigenvalue weighted by Crippen LogP contribution is 2.21. The molecule has 2 aromatic heterocycles. The smallest absolute Gasteiger partial charge is 0.327 e. The molecule has 0 radical (unpaired) electrons. The van der Waals surface area contributed by atoms with Crippen molar-refractivity contribution in [2.24, 2.45) is 0 Å². The molecule has 1 saturated heterocycles. The summed E-state index contributed by atoms with van der Waals surface area (Å²) in [6.45, 7) is 5.86. The molecule has 1 fully saturated rings. The molecule has 0 atom stereocenters. The number of sulfonamides is 1. The molecule has 1 aliphatic rings. The van der Waals surface area contributed by atoms with Crippen LogP contribution in [0.4, 0.5) is 5.82 Å². The van der Waals surface area contributed by atoms with Crippen LogP contribution in [-0.2, 0) is 27.8 Å². The Kier molecular flexibility index (Phi) is 10.3. The van der Waals surface area contributed by atoms with Crippen molar-refractivity contribution in [3.05, 3.63) is 40.3 Å². The molecule has 0 unspecified atom stereocenters. The van der Waals surface area contributed by atoms with Crippen LogP contribution >= 0.6 is 0 Å². The summed E-state index contributed by atoms with van der Waals surface area (Å²) in [6, 6.07) is 6.22. The van der Waals surface area contributed by atoms with Crippen molar-refractivity contribution in [1.29, 1.82) is 0 Å². The monoisotopic (exact) mass is 589 g/mol. The number of benzene rings is 1. The highest BCUT2D eigenvalue weighted by molar-refractivity contribution is 7.89. The minimum absolute atomic E-state index is 0.0771. The largest absolute Gasteiger partial charge is 0.481 e. The number of hydrogen-bond acceptors (Lipinski definition) is 9. The van der Waals surface area contributed by atoms with Crippen LogP contribution in [0, 0.1) is 0 Å². The van der Waals surface area contributed by atoms with E-state index in [0.29, 0.717) is 55.8 Å². The molecule has 4 N–H and O–H groups in total. The van der Waals surface area contributed by atoms with Gasteiger partial charge in [0, 0.05) is 26.2 Å². The minimum Gasteiger partial charge on any atom is -0.481 e. The number of nitrogens with two attached hydrogens (primary N) is 1. The van der Waals surface area contributed by atoms with Gasteiger partial charge in [-0.15, -0.1) is 0 Å². The number of aliphatic carboxylic acids is 1. The number of aromatic nitrogens is 4. The summed E-state index contributed by atoms with van der Waals surface area (Å²) in [6.07, 6.45) is 4.74. The number of aromatic amines is 1. The third kappa shape index (κ3) is 7.83. The van der Waals surface area contributed by atoms with E-state index in [-0.39, 0.29) is 35.4 Å². The number of imidazole rings is 1. The quantitative estimate of drug-likeness (QED) is 0.210. The van der Waals surface area contributed by atoms with Gasteiger partial charge in [-0.05, 0) is 62.9 Å². The number of nitrogens with one attached hydrogen (secondary N) is 1. The number of unbranched alkanes of at least 4 members (excludes halogenated alkanes) is 2. The lowest BCUT2D eigenvalue weighted by atomic mass is 10.2. The van der Waals surface area contributed by atoms with Crippen LogP contribution in [0.15, 0.2) is 34.0 Å². The Bertz CT molecular complexity index is 1500. The number of aryl methyl sites for hydroxylation is 1. The molecule has 0 bridgehead atoms. The Morgan fingerprint density at radius 3 is 2.66 bits per heavy atom. The van der Waals surface area contributed by atoms with E-state index >= 15 is 0 Å². The van der Waals surface area contributed by atoms with Crippen molar-refractivity contribution in [3.8, 4) is 6.01 Å². The van der Waals surface area contributed by atoms with E-state index in [9.17, 15) is 18.0 Å². The molecule has 4 rings (SSSR count). The Labute approximate surface area is 239 Å². The Hall–Kier alpha value is -3.49. The van der Waals surface area contributed by atoms with Gasteiger partial charge in [0.25, 0.3) is 0 Å². The zero-order valence-corrected chi connectivity index (χ0v) is 24.2. The molecule has 0 saturated carbocycles. The molecular formula is C27H39N7O6S. The van der Waals surface area contributed by atoms with E-state index in [2.05, 4.69) is 19.9 Å². The average molecular weight is 590 g/mol. The van der Waals surface area contributed by atoms with E-state index < -0.39 is 16.0 Å². The van der Waals surface area contributed by atoms with Gasteiger partial charge in [0.2, 0.25) is 10.0 Å². The topological polar surface area (TPSA) is 177 Å². The van der Waals surface area contributed by atoms with Crippen LogP contribution in [0.2, 0.25) is 0 Å². The van der Waals surface area contributed by atoms with Crippen molar-refractivity contribution in [2.45, 2.75) is 63.3 Å². The van der Waals surface area contributed by atoms with E-state index in [0.717, 1.165) is 38.8 Å². The summed E-state index contributed by atoms with van der Waals surface area (Å²) in [7, 11) is -3.87. The van der Waals surface area contributed by atoms with Crippen molar-refractivity contribution in [1.82, 2.24) is 28.7 Å². The Balaban J connectivity index is 1.47. The van der Waals surface area contributed by atoms with Gasteiger partial charge in [-0.2, -0.15) is 14.3 Å². The molecule has 0 amide bonds. The first-order valence-corrected chi connectivity index (χ1v) is 15.5. The van der Waals surface area contributed by atoms with Gasteiger partial charge in [-0.3, -0.25) is 9.36 Å². The van der Waals surface area contributed by atoms with Gasteiger partial charge in [-0.1, -0.05) is 25.5 Å². The first-order chi connectivity index (χ1) is 19.7. The summed E-state index contributed by atoms with van der Waals surface area (Å²) in [4.78, 5) is 37.4. The fraction of sp³-hybridized carbons (Fsp3) is 0.556. The molecule has 3 aromatic rings. The number of carbonyl (C=O) groups is 1. The highest BCUT2D eigenvalue weighted by atomic mass is 32.2. The Morgan fingerprint density at radius 1 is 1.15 bits per heavy atom. The molecule has 0 spiro atoms. The molecular weight excluding hydrogens is 550 g/mol. The lowest BCUT2D eigenvalue weighted by Gasteiger charge is -2.25. The number of fused-ring (bicyclic) bond motifs is 1. The summed E-state index contributed by atoms with van der Waals surface area (Å²) >= 11 is 0. The molecule has 0 aliphatic carbocycles. The highest BCUT2D eigenvalue weighted by Gasteiger charge is 2.26. The number of nitrogens with zero attached hydrogens (tertiary/aromatic N) is 5. The fourth-order valence-corrected chi connectivity index (χ4v) is 6.46. The zero-order valence-electron chi connectivity index (χ0n) is 23.4. The third-order valence-electron chi connectivity index (χ3n) is 7.15. The summed E-state index contributed by atoms with van der Waals surface area (Å²) in [5.74, 6) is -0.897. The molecule has 1 aromatic carbocycles. The van der Waals surface area contributed by atoms with Crippen LogP contribution in [-0.4, -0.2) is 87.5 Å². The maximum atomic E-state index is 13.7. The zero-order chi connectivity index (χ0) is 29.4. The van der Waals surface area contributed by atoms with Gasteiger partial charge in [-0.25, -0.2) is 13.2 Å². The van der Waals surface area contributed by atoms with Crippen LogP contribution in [0.3, 0.4) is 0 Å². The fourth-order valence-electron chi connectivity index (χ4n) is 4.92. The second-order valence-electron chi connectivity index (χ2n) is 10.3. The van der Waals surface area contributed by atoms with Gasteiger partial charge < -0.3 is 25.5 Å². The number of ether oxygens (including phenoxy) is 1. The molecule has 224 valence electrons. The molecule has 14 heteroatoms. The van der Waals surface area contributed by atoms with Crippen molar-refractivity contribution < 1.29 is 23.1 Å². The SMILES string of the molecule is CCCCOc1nc(N)c2[nH]c(=O)n(CCCCN(CCN3CCCC3)S(=O)(=O)c3cccc(CC(=O)O)c3)c2n1. The van der Waals surface area contributed by atoms with E-state index in [1.54, 1.807) is 12.1 Å². The van der Waals surface area contributed by atoms with Gasteiger partial charge in [0.1, 0.15) is 5.52 Å². The predicted molar refractivity (Wildman–Crippen MR) is 154 cm³/mol.